The van der Waals surface area contributed by atoms with Crippen molar-refractivity contribution in [1.82, 2.24) is 0 Å². The van der Waals surface area contributed by atoms with Gasteiger partial charge in [0.1, 0.15) is 0 Å². The average Bonchev–Trinajstić information content (AvgIpc) is 2.55. The Bertz CT molecular complexity index is 549. The molecule has 0 aromatic heterocycles. The lowest BCUT2D eigenvalue weighted by Gasteiger charge is -2.12. The van der Waals surface area contributed by atoms with Crippen LogP contribution in [0.3, 0.4) is 0 Å². The minimum absolute atomic E-state index is 0.228. The Morgan fingerprint density at radius 3 is 2.32 bits per heavy atom. The molecule has 0 heterocycles. The molecule has 0 radical (unpaired) electrons. The number of hydrogen-bond donors (Lipinski definition) is 0. The molecular weight excluding hydrogens is 286 g/mol. The van der Waals surface area contributed by atoms with E-state index in [1.807, 2.05) is 6.07 Å². The number of methoxy groups -OCH3 is 3. The van der Waals surface area contributed by atoms with Gasteiger partial charge in [-0.2, -0.15) is 5.26 Å². The van der Waals surface area contributed by atoms with Crippen LogP contribution in [0, 0.1) is 11.3 Å². The van der Waals surface area contributed by atoms with Gasteiger partial charge in [0.05, 0.1) is 34.0 Å². The molecule has 6 heteroatoms. The number of carbonyl (C=O) groups is 1. The highest BCUT2D eigenvalue weighted by Crippen LogP contribution is 2.38. The Kier molecular flexibility index (Phi) is 7.34. The van der Waals surface area contributed by atoms with Gasteiger partial charge in [-0.3, -0.25) is 0 Å². The number of nitrogens with zero attached hydrogens (tertiary/aromatic N) is 1. The third-order valence-corrected chi connectivity index (χ3v) is 2.78. The fourth-order valence-electron chi connectivity index (χ4n) is 1.73. The van der Waals surface area contributed by atoms with E-state index in [0.717, 1.165) is 0 Å². The number of hydrogen-bond acceptors (Lipinski definition) is 6. The van der Waals surface area contributed by atoms with Gasteiger partial charge < -0.3 is 18.9 Å². The van der Waals surface area contributed by atoms with Crippen LogP contribution in [-0.4, -0.2) is 33.9 Å². The van der Waals surface area contributed by atoms with Gasteiger partial charge in [-0.25, -0.2) is 4.79 Å². The molecule has 1 aromatic rings. The molecule has 22 heavy (non-hydrogen) atoms. The molecule has 6 nitrogen and oxygen atoms in total. The fourth-order valence-corrected chi connectivity index (χ4v) is 1.73. The van der Waals surface area contributed by atoms with E-state index in [9.17, 15) is 4.79 Å². The van der Waals surface area contributed by atoms with Crippen LogP contribution in [0.2, 0.25) is 0 Å². The van der Waals surface area contributed by atoms with E-state index >= 15 is 0 Å². The van der Waals surface area contributed by atoms with Gasteiger partial charge in [0.15, 0.2) is 11.5 Å². The molecule has 0 saturated heterocycles. The molecule has 0 aliphatic carbocycles. The number of unbranched alkanes of at least 4 members (excludes halogenated alkanes) is 1. The Morgan fingerprint density at radius 2 is 1.82 bits per heavy atom. The summed E-state index contributed by atoms with van der Waals surface area (Å²) in [6.45, 7) is 0.228. The first-order chi connectivity index (χ1) is 10.7. The summed E-state index contributed by atoms with van der Waals surface area (Å²) in [6.07, 6.45) is 3.80. The maximum absolute atomic E-state index is 11.5. The molecule has 0 fully saturated rings. The SMILES string of the molecule is COc1cc(/C=C/C(=O)OCCCC#N)cc(OC)c1OC. The minimum Gasteiger partial charge on any atom is -0.493 e. The molecule has 0 saturated carbocycles. The van der Waals surface area contributed by atoms with Gasteiger partial charge in [0, 0.05) is 12.5 Å². The van der Waals surface area contributed by atoms with E-state index < -0.39 is 5.97 Å². The van der Waals surface area contributed by atoms with Crippen LogP contribution in [0.1, 0.15) is 18.4 Å². The van der Waals surface area contributed by atoms with Crippen LogP contribution in [0.15, 0.2) is 18.2 Å². The van der Waals surface area contributed by atoms with E-state index in [2.05, 4.69) is 0 Å². The van der Waals surface area contributed by atoms with Crippen molar-refractivity contribution < 1.29 is 23.7 Å². The Morgan fingerprint density at radius 1 is 1.18 bits per heavy atom. The molecule has 118 valence electrons. The topological polar surface area (TPSA) is 77.8 Å². The van der Waals surface area contributed by atoms with Crippen LogP contribution in [0.25, 0.3) is 6.08 Å². The van der Waals surface area contributed by atoms with Crippen LogP contribution in [0.4, 0.5) is 0 Å². The molecule has 0 amide bonds. The molecule has 1 aromatic carbocycles. The van der Waals surface area contributed by atoms with Crippen LogP contribution in [-0.2, 0) is 9.53 Å². The number of carbonyl (C=O) groups excluding carboxylic acids is 1. The number of ether oxygens (including phenoxy) is 4. The molecule has 0 atom stereocenters. The smallest absolute Gasteiger partial charge is 0.330 e. The highest BCUT2D eigenvalue weighted by atomic mass is 16.5. The molecule has 0 aliphatic heterocycles. The van der Waals surface area contributed by atoms with Gasteiger partial charge in [0.2, 0.25) is 5.75 Å². The predicted octanol–water partition coefficient (Wildman–Crippen LogP) is 2.57. The second-order valence-corrected chi connectivity index (χ2v) is 4.22. The molecule has 1 rings (SSSR count). The van der Waals surface area contributed by atoms with Gasteiger partial charge in [-0.15, -0.1) is 0 Å². The summed E-state index contributed by atoms with van der Waals surface area (Å²) in [5.74, 6) is 1.03. The monoisotopic (exact) mass is 305 g/mol. The lowest BCUT2D eigenvalue weighted by Crippen LogP contribution is -2.02. The van der Waals surface area contributed by atoms with Crippen molar-refractivity contribution in [2.24, 2.45) is 0 Å². The second kappa shape index (κ2) is 9.29. The van der Waals surface area contributed by atoms with Gasteiger partial charge in [0.25, 0.3) is 0 Å². The Balaban J connectivity index is 2.78. The molecule has 0 N–H and O–H groups in total. The van der Waals surface area contributed by atoms with Crippen molar-refractivity contribution in [3.8, 4) is 23.3 Å². The molecule has 0 unspecified atom stereocenters. The van der Waals surface area contributed by atoms with Crippen LogP contribution < -0.4 is 14.2 Å². The Labute approximate surface area is 129 Å². The lowest BCUT2D eigenvalue weighted by atomic mass is 10.1. The number of nitriles is 1. The summed E-state index contributed by atoms with van der Waals surface area (Å²) in [5.41, 5.74) is 0.712. The van der Waals surface area contributed by atoms with Crippen molar-refractivity contribution in [2.45, 2.75) is 12.8 Å². The van der Waals surface area contributed by atoms with E-state index in [0.29, 0.717) is 35.7 Å². The first-order valence-electron chi connectivity index (χ1n) is 6.68. The predicted molar refractivity (Wildman–Crippen MR) is 80.9 cm³/mol. The summed E-state index contributed by atoms with van der Waals surface area (Å²) >= 11 is 0. The summed E-state index contributed by atoms with van der Waals surface area (Å²) in [4.78, 5) is 11.5. The van der Waals surface area contributed by atoms with Gasteiger partial charge in [-0.1, -0.05) is 0 Å². The second-order valence-electron chi connectivity index (χ2n) is 4.22. The van der Waals surface area contributed by atoms with E-state index in [1.165, 1.54) is 27.4 Å². The third kappa shape index (κ3) is 5.02. The molecular formula is C16H19NO5. The van der Waals surface area contributed by atoms with E-state index in [-0.39, 0.29) is 6.61 Å². The van der Waals surface area contributed by atoms with Crippen LogP contribution >= 0.6 is 0 Å². The summed E-state index contributed by atoms with van der Waals surface area (Å²) in [5, 5.41) is 8.39. The quantitative estimate of drug-likeness (QED) is 0.417. The average molecular weight is 305 g/mol. The van der Waals surface area contributed by atoms with E-state index in [4.69, 9.17) is 24.2 Å². The van der Waals surface area contributed by atoms with Crippen molar-refractivity contribution in [3.05, 3.63) is 23.8 Å². The number of benzene rings is 1. The Hall–Kier alpha value is -2.68. The summed E-state index contributed by atoms with van der Waals surface area (Å²) < 4.78 is 20.6. The highest BCUT2D eigenvalue weighted by Gasteiger charge is 2.12. The largest absolute Gasteiger partial charge is 0.493 e. The molecule has 0 bridgehead atoms. The van der Waals surface area contributed by atoms with Crippen LogP contribution in [0.5, 0.6) is 17.2 Å². The first kappa shape index (κ1) is 17.4. The highest BCUT2D eigenvalue weighted by molar-refractivity contribution is 5.87. The molecule has 0 aliphatic rings. The van der Waals surface area contributed by atoms with Crippen molar-refractivity contribution >= 4 is 12.0 Å². The van der Waals surface area contributed by atoms with E-state index in [1.54, 1.807) is 18.2 Å². The summed E-state index contributed by atoms with van der Waals surface area (Å²) in [6, 6.07) is 5.43. The van der Waals surface area contributed by atoms with Crippen molar-refractivity contribution in [3.63, 3.8) is 0 Å². The number of rotatable bonds is 8. The summed E-state index contributed by atoms with van der Waals surface area (Å²) in [7, 11) is 4.57. The number of esters is 1. The maximum Gasteiger partial charge on any atom is 0.330 e. The first-order valence-corrected chi connectivity index (χ1v) is 6.68. The van der Waals surface area contributed by atoms with Crippen molar-refractivity contribution in [2.75, 3.05) is 27.9 Å². The van der Waals surface area contributed by atoms with Crippen molar-refractivity contribution in [1.29, 1.82) is 5.26 Å². The normalized spacial score (nSPS) is 10.1. The zero-order chi connectivity index (χ0) is 16.4. The van der Waals surface area contributed by atoms with Gasteiger partial charge in [-0.05, 0) is 30.2 Å². The van der Waals surface area contributed by atoms with Gasteiger partial charge >= 0.3 is 5.97 Å². The maximum atomic E-state index is 11.5. The zero-order valence-corrected chi connectivity index (χ0v) is 12.9. The lowest BCUT2D eigenvalue weighted by molar-refractivity contribution is -0.137. The zero-order valence-electron chi connectivity index (χ0n) is 12.9. The third-order valence-electron chi connectivity index (χ3n) is 2.78. The minimum atomic E-state index is -0.466. The standard InChI is InChI=1S/C16H19NO5/c1-19-13-10-12(11-14(20-2)16(13)21-3)6-7-15(18)22-9-5-4-8-17/h6-7,10-11H,4-5,9H2,1-3H3/b7-6+. The molecule has 0 spiro atoms. The fraction of sp³-hybridized carbons (Fsp3) is 0.375.